The molecular formula is C12H20N4. The van der Waals surface area contributed by atoms with Gasteiger partial charge in [-0.2, -0.15) is 0 Å². The van der Waals surface area contributed by atoms with Gasteiger partial charge < -0.3 is 15.5 Å². The third kappa shape index (κ3) is 2.85. The summed E-state index contributed by atoms with van der Waals surface area (Å²) in [6, 6.07) is 3.87. The molecule has 16 heavy (non-hydrogen) atoms. The first-order valence-electron chi connectivity index (χ1n) is 5.91. The van der Waals surface area contributed by atoms with Gasteiger partial charge in [-0.3, -0.25) is 0 Å². The second-order valence-corrected chi connectivity index (χ2v) is 4.42. The Kier molecular flexibility index (Phi) is 3.62. The number of nitrogen functional groups attached to an aromatic ring is 1. The van der Waals surface area contributed by atoms with Gasteiger partial charge in [-0.15, -0.1) is 0 Å². The molecule has 2 heterocycles. The lowest BCUT2D eigenvalue weighted by Crippen LogP contribution is -2.31. The molecule has 0 amide bonds. The Hall–Kier alpha value is -1.29. The molecule has 1 saturated heterocycles. The number of nitrogens with two attached hydrogens (primary N) is 1. The van der Waals surface area contributed by atoms with Crippen LogP contribution in [-0.2, 0) is 0 Å². The number of nitrogens with zero attached hydrogens (tertiary/aromatic N) is 3. The predicted octanol–water partition coefficient (Wildman–Crippen LogP) is 1.20. The van der Waals surface area contributed by atoms with Crippen molar-refractivity contribution in [2.24, 2.45) is 0 Å². The van der Waals surface area contributed by atoms with Crippen LogP contribution in [0.2, 0.25) is 0 Å². The van der Waals surface area contributed by atoms with E-state index in [2.05, 4.69) is 21.8 Å². The van der Waals surface area contributed by atoms with Gasteiger partial charge in [0.1, 0.15) is 5.82 Å². The molecule has 2 rings (SSSR count). The zero-order valence-electron chi connectivity index (χ0n) is 9.89. The first-order chi connectivity index (χ1) is 7.75. The van der Waals surface area contributed by atoms with Crippen molar-refractivity contribution in [2.45, 2.75) is 12.8 Å². The molecule has 0 aliphatic carbocycles. The number of hydrogen-bond acceptors (Lipinski definition) is 4. The molecule has 88 valence electrons. The summed E-state index contributed by atoms with van der Waals surface area (Å²) in [5.41, 5.74) is 6.33. The van der Waals surface area contributed by atoms with Crippen LogP contribution in [0.4, 0.5) is 11.5 Å². The quantitative estimate of drug-likeness (QED) is 0.828. The summed E-state index contributed by atoms with van der Waals surface area (Å²) >= 11 is 0. The summed E-state index contributed by atoms with van der Waals surface area (Å²) in [5.74, 6) is 0.994. The highest BCUT2D eigenvalue weighted by Gasteiger charge is 2.12. The van der Waals surface area contributed by atoms with Crippen molar-refractivity contribution in [1.82, 2.24) is 9.88 Å². The summed E-state index contributed by atoms with van der Waals surface area (Å²) in [6.07, 6.45) is 4.41. The van der Waals surface area contributed by atoms with Crippen molar-refractivity contribution in [3.8, 4) is 0 Å². The van der Waals surface area contributed by atoms with E-state index < -0.39 is 0 Å². The van der Waals surface area contributed by atoms with E-state index >= 15 is 0 Å². The zero-order valence-corrected chi connectivity index (χ0v) is 9.89. The maximum absolute atomic E-state index is 5.61. The van der Waals surface area contributed by atoms with Gasteiger partial charge in [0.15, 0.2) is 0 Å². The van der Waals surface area contributed by atoms with Crippen molar-refractivity contribution in [1.29, 1.82) is 0 Å². The van der Waals surface area contributed by atoms with Crippen molar-refractivity contribution in [3.63, 3.8) is 0 Å². The number of aromatic nitrogens is 1. The van der Waals surface area contributed by atoms with Crippen LogP contribution in [0.3, 0.4) is 0 Å². The number of likely N-dealkylation sites (N-methyl/N-ethyl adjacent to an activating group) is 1. The number of likely N-dealkylation sites (tertiary alicyclic amines) is 1. The predicted molar refractivity (Wildman–Crippen MR) is 67.6 cm³/mol. The lowest BCUT2D eigenvalue weighted by Gasteiger charge is -2.22. The molecule has 0 spiro atoms. The summed E-state index contributed by atoms with van der Waals surface area (Å²) in [5, 5.41) is 0. The van der Waals surface area contributed by atoms with Gasteiger partial charge in [-0.25, -0.2) is 4.98 Å². The largest absolute Gasteiger partial charge is 0.397 e. The van der Waals surface area contributed by atoms with E-state index in [9.17, 15) is 0 Å². The van der Waals surface area contributed by atoms with Crippen LogP contribution < -0.4 is 10.6 Å². The summed E-state index contributed by atoms with van der Waals surface area (Å²) in [4.78, 5) is 8.99. The topological polar surface area (TPSA) is 45.4 Å². The lowest BCUT2D eigenvalue weighted by atomic mass is 10.4. The van der Waals surface area contributed by atoms with E-state index in [4.69, 9.17) is 5.73 Å². The fraction of sp³-hybridized carbons (Fsp3) is 0.583. The molecule has 0 aromatic carbocycles. The first kappa shape index (κ1) is 11.2. The highest BCUT2D eigenvalue weighted by molar-refractivity contribution is 5.45. The van der Waals surface area contributed by atoms with Gasteiger partial charge in [0, 0.05) is 20.1 Å². The van der Waals surface area contributed by atoms with E-state index in [1.165, 1.54) is 25.9 Å². The Morgan fingerprint density at radius 3 is 2.75 bits per heavy atom. The average Bonchev–Trinajstić information content (AvgIpc) is 2.80. The second kappa shape index (κ2) is 5.16. The van der Waals surface area contributed by atoms with Crippen LogP contribution >= 0.6 is 0 Å². The monoisotopic (exact) mass is 220 g/mol. The SMILES string of the molecule is CN(CCN1CCCC1)c1ccc(N)cn1. The normalized spacial score (nSPS) is 16.6. The Labute approximate surface area is 97.1 Å². The molecular weight excluding hydrogens is 200 g/mol. The molecule has 0 saturated carbocycles. The molecule has 0 radical (unpaired) electrons. The Morgan fingerprint density at radius 1 is 1.38 bits per heavy atom. The van der Waals surface area contributed by atoms with Gasteiger partial charge in [0.25, 0.3) is 0 Å². The van der Waals surface area contributed by atoms with Crippen molar-refractivity contribution in [3.05, 3.63) is 18.3 Å². The van der Waals surface area contributed by atoms with Gasteiger partial charge in [0.05, 0.1) is 11.9 Å². The standard InChI is InChI=1S/C12H20N4/c1-15(8-9-16-6-2-3-7-16)12-5-4-11(13)10-14-12/h4-5,10H,2-3,6-9,13H2,1H3. The molecule has 0 unspecified atom stereocenters. The highest BCUT2D eigenvalue weighted by atomic mass is 15.2. The molecule has 2 N–H and O–H groups in total. The molecule has 1 aromatic rings. The maximum atomic E-state index is 5.61. The van der Waals surface area contributed by atoms with Gasteiger partial charge >= 0.3 is 0 Å². The van der Waals surface area contributed by atoms with Gasteiger partial charge in [-0.05, 0) is 38.1 Å². The molecule has 4 nitrogen and oxygen atoms in total. The fourth-order valence-electron chi connectivity index (χ4n) is 2.04. The van der Waals surface area contributed by atoms with E-state index in [1.54, 1.807) is 6.20 Å². The third-order valence-electron chi connectivity index (χ3n) is 3.11. The van der Waals surface area contributed by atoms with Crippen molar-refractivity contribution in [2.75, 3.05) is 43.9 Å². The Balaban J connectivity index is 1.82. The minimum Gasteiger partial charge on any atom is -0.397 e. The smallest absolute Gasteiger partial charge is 0.128 e. The van der Waals surface area contributed by atoms with Gasteiger partial charge in [-0.1, -0.05) is 0 Å². The van der Waals surface area contributed by atoms with Crippen LogP contribution in [0.15, 0.2) is 18.3 Å². The van der Waals surface area contributed by atoms with Gasteiger partial charge in [0.2, 0.25) is 0 Å². The maximum Gasteiger partial charge on any atom is 0.128 e. The van der Waals surface area contributed by atoms with Crippen molar-refractivity contribution >= 4 is 11.5 Å². The summed E-state index contributed by atoms with van der Waals surface area (Å²) in [7, 11) is 2.08. The second-order valence-electron chi connectivity index (χ2n) is 4.42. The van der Waals surface area contributed by atoms with Crippen LogP contribution in [-0.4, -0.2) is 43.1 Å². The Morgan fingerprint density at radius 2 is 2.12 bits per heavy atom. The molecule has 1 aliphatic heterocycles. The highest BCUT2D eigenvalue weighted by Crippen LogP contribution is 2.11. The van der Waals surface area contributed by atoms with E-state index in [-0.39, 0.29) is 0 Å². The molecule has 0 atom stereocenters. The van der Waals surface area contributed by atoms with Crippen molar-refractivity contribution < 1.29 is 0 Å². The minimum atomic E-state index is 0.719. The molecule has 1 aliphatic rings. The molecule has 4 heteroatoms. The molecule has 0 bridgehead atoms. The number of pyridine rings is 1. The van der Waals surface area contributed by atoms with Crippen LogP contribution in [0.1, 0.15) is 12.8 Å². The first-order valence-corrected chi connectivity index (χ1v) is 5.91. The van der Waals surface area contributed by atoms with E-state index in [0.717, 1.165) is 24.6 Å². The summed E-state index contributed by atoms with van der Waals surface area (Å²) in [6.45, 7) is 4.66. The zero-order chi connectivity index (χ0) is 11.4. The van der Waals surface area contributed by atoms with Crippen LogP contribution in [0.25, 0.3) is 0 Å². The third-order valence-corrected chi connectivity index (χ3v) is 3.11. The average molecular weight is 220 g/mol. The fourth-order valence-corrected chi connectivity index (χ4v) is 2.04. The minimum absolute atomic E-state index is 0.719. The number of anilines is 2. The number of rotatable bonds is 4. The number of hydrogen-bond donors (Lipinski definition) is 1. The molecule has 1 fully saturated rings. The Bertz CT molecular complexity index is 316. The van der Waals surface area contributed by atoms with Crippen LogP contribution in [0, 0.1) is 0 Å². The lowest BCUT2D eigenvalue weighted by molar-refractivity contribution is 0.346. The van der Waals surface area contributed by atoms with E-state index in [1.807, 2.05) is 12.1 Å². The van der Waals surface area contributed by atoms with Crippen LogP contribution in [0.5, 0.6) is 0 Å². The summed E-state index contributed by atoms with van der Waals surface area (Å²) < 4.78 is 0. The molecule has 1 aromatic heterocycles. The van der Waals surface area contributed by atoms with E-state index in [0.29, 0.717) is 0 Å².